The average molecular weight is 271 g/mol. The first-order chi connectivity index (χ1) is 9.85. The Bertz CT molecular complexity index is 663. The van der Waals surface area contributed by atoms with Crippen molar-refractivity contribution in [2.45, 2.75) is 6.54 Å². The molecule has 0 spiro atoms. The molecule has 0 radical (unpaired) electrons. The Hall–Kier alpha value is -2.90. The maximum atomic E-state index is 5.25. The number of nitrogens with one attached hydrogen (secondary N) is 2. The first-order valence-electron chi connectivity index (χ1n) is 6.05. The second kappa shape index (κ2) is 5.39. The molecule has 0 amide bonds. The summed E-state index contributed by atoms with van der Waals surface area (Å²) in [7, 11) is 1.75. The molecule has 0 saturated carbocycles. The van der Waals surface area contributed by atoms with Crippen LogP contribution in [0.3, 0.4) is 0 Å². The fourth-order valence-electron chi connectivity index (χ4n) is 1.62. The van der Waals surface area contributed by atoms with Gasteiger partial charge in [-0.25, -0.2) is 4.68 Å². The van der Waals surface area contributed by atoms with Crippen molar-refractivity contribution < 1.29 is 4.42 Å². The molecule has 0 aromatic carbocycles. The third-order valence-corrected chi connectivity index (χ3v) is 2.56. The minimum atomic E-state index is 0.441. The maximum Gasteiger partial charge on any atom is 0.257 e. The van der Waals surface area contributed by atoms with Crippen LogP contribution in [0.4, 0.5) is 11.9 Å². The van der Waals surface area contributed by atoms with Crippen molar-refractivity contribution in [2.75, 3.05) is 17.7 Å². The number of hydrogen-bond donors (Lipinski definition) is 2. The summed E-state index contributed by atoms with van der Waals surface area (Å²) in [5.74, 6) is 2.16. The molecule has 2 N–H and O–H groups in total. The molecular weight excluding hydrogens is 258 g/mol. The molecule has 3 aromatic rings. The number of furan rings is 1. The molecule has 102 valence electrons. The zero-order chi connectivity index (χ0) is 13.8. The standard InChI is InChI=1S/C12H13N7O/c1-13-10-16-11(14-8-9-4-2-7-20-9)18-12(17-10)19-6-3-5-15-19/h2-7H,8H2,1H3,(H2,13,14,16,17,18). The summed E-state index contributed by atoms with van der Waals surface area (Å²) in [5, 5.41) is 10.1. The van der Waals surface area contributed by atoms with Crippen LogP contribution in [-0.2, 0) is 6.54 Å². The Morgan fingerprint density at radius 1 is 1.20 bits per heavy atom. The van der Waals surface area contributed by atoms with Crippen LogP contribution in [0.2, 0.25) is 0 Å². The SMILES string of the molecule is CNc1nc(NCc2ccco2)nc(-n2cccn2)n1. The Labute approximate surface area is 114 Å². The van der Waals surface area contributed by atoms with E-state index in [0.717, 1.165) is 5.76 Å². The van der Waals surface area contributed by atoms with Crippen LogP contribution in [0.1, 0.15) is 5.76 Å². The molecule has 8 heteroatoms. The van der Waals surface area contributed by atoms with E-state index in [9.17, 15) is 0 Å². The first-order valence-corrected chi connectivity index (χ1v) is 6.05. The largest absolute Gasteiger partial charge is 0.467 e. The normalized spacial score (nSPS) is 10.4. The van der Waals surface area contributed by atoms with Crippen LogP contribution in [0.5, 0.6) is 0 Å². The van der Waals surface area contributed by atoms with E-state index in [1.54, 1.807) is 36.5 Å². The number of aromatic nitrogens is 5. The van der Waals surface area contributed by atoms with Gasteiger partial charge in [0, 0.05) is 19.4 Å². The van der Waals surface area contributed by atoms with Gasteiger partial charge in [0.2, 0.25) is 11.9 Å². The zero-order valence-electron chi connectivity index (χ0n) is 10.8. The molecule has 0 bridgehead atoms. The van der Waals surface area contributed by atoms with Crippen molar-refractivity contribution in [1.82, 2.24) is 24.7 Å². The Balaban J connectivity index is 1.84. The minimum Gasteiger partial charge on any atom is -0.467 e. The summed E-state index contributed by atoms with van der Waals surface area (Å²) in [5.41, 5.74) is 0. The first kappa shape index (κ1) is 12.2. The van der Waals surface area contributed by atoms with Gasteiger partial charge >= 0.3 is 0 Å². The highest BCUT2D eigenvalue weighted by Gasteiger charge is 2.07. The van der Waals surface area contributed by atoms with Gasteiger partial charge in [-0.2, -0.15) is 20.1 Å². The predicted molar refractivity (Wildman–Crippen MR) is 72.5 cm³/mol. The summed E-state index contributed by atoms with van der Waals surface area (Å²) in [6.45, 7) is 0.499. The lowest BCUT2D eigenvalue weighted by molar-refractivity contribution is 0.517. The van der Waals surface area contributed by atoms with Crippen LogP contribution in [0.25, 0.3) is 5.95 Å². The fraction of sp³-hybridized carbons (Fsp3) is 0.167. The van der Waals surface area contributed by atoms with Gasteiger partial charge < -0.3 is 15.1 Å². The monoisotopic (exact) mass is 271 g/mol. The van der Waals surface area contributed by atoms with Gasteiger partial charge in [-0.15, -0.1) is 0 Å². The summed E-state index contributed by atoms with van der Waals surface area (Å²) in [4.78, 5) is 12.8. The van der Waals surface area contributed by atoms with Gasteiger partial charge in [-0.3, -0.25) is 0 Å². The average Bonchev–Trinajstić information content (AvgIpc) is 3.17. The van der Waals surface area contributed by atoms with Gasteiger partial charge in [0.1, 0.15) is 5.76 Å². The highest BCUT2D eigenvalue weighted by molar-refractivity contribution is 5.37. The second-order valence-electron chi connectivity index (χ2n) is 3.92. The molecule has 20 heavy (non-hydrogen) atoms. The van der Waals surface area contributed by atoms with E-state index in [4.69, 9.17) is 4.42 Å². The zero-order valence-corrected chi connectivity index (χ0v) is 10.8. The number of anilines is 2. The van der Waals surface area contributed by atoms with Crippen LogP contribution in [-0.4, -0.2) is 31.8 Å². The lowest BCUT2D eigenvalue weighted by atomic mass is 10.4. The summed E-state index contributed by atoms with van der Waals surface area (Å²) in [6.07, 6.45) is 5.06. The Morgan fingerprint density at radius 2 is 2.10 bits per heavy atom. The van der Waals surface area contributed by atoms with E-state index < -0.39 is 0 Å². The highest BCUT2D eigenvalue weighted by Crippen LogP contribution is 2.10. The molecule has 0 saturated heterocycles. The fourth-order valence-corrected chi connectivity index (χ4v) is 1.62. The molecule has 0 atom stereocenters. The van der Waals surface area contributed by atoms with Crippen molar-refractivity contribution in [3.8, 4) is 5.95 Å². The van der Waals surface area contributed by atoms with Gasteiger partial charge in [0.25, 0.3) is 5.95 Å². The number of rotatable bonds is 5. The smallest absolute Gasteiger partial charge is 0.257 e. The Morgan fingerprint density at radius 3 is 2.80 bits per heavy atom. The second-order valence-corrected chi connectivity index (χ2v) is 3.92. The summed E-state index contributed by atoms with van der Waals surface area (Å²) in [6, 6.07) is 5.51. The van der Waals surface area contributed by atoms with Crippen LogP contribution in [0, 0.1) is 0 Å². The van der Waals surface area contributed by atoms with E-state index >= 15 is 0 Å². The van der Waals surface area contributed by atoms with Crippen molar-refractivity contribution in [1.29, 1.82) is 0 Å². The van der Waals surface area contributed by atoms with Gasteiger partial charge in [0.05, 0.1) is 12.8 Å². The van der Waals surface area contributed by atoms with E-state index in [-0.39, 0.29) is 0 Å². The molecule has 0 fully saturated rings. The third kappa shape index (κ3) is 2.58. The van der Waals surface area contributed by atoms with E-state index in [1.807, 2.05) is 12.1 Å². The van der Waals surface area contributed by atoms with Crippen molar-refractivity contribution in [3.05, 3.63) is 42.6 Å². The molecule has 8 nitrogen and oxygen atoms in total. The third-order valence-electron chi connectivity index (χ3n) is 2.56. The van der Waals surface area contributed by atoms with Crippen molar-refractivity contribution >= 4 is 11.9 Å². The number of hydrogen-bond acceptors (Lipinski definition) is 7. The minimum absolute atomic E-state index is 0.441. The van der Waals surface area contributed by atoms with Crippen LogP contribution >= 0.6 is 0 Å². The molecular formula is C12H13N7O. The molecule has 0 aliphatic heterocycles. The van der Waals surface area contributed by atoms with Crippen LogP contribution in [0.15, 0.2) is 41.3 Å². The molecule has 3 aromatic heterocycles. The van der Waals surface area contributed by atoms with E-state index in [1.165, 1.54) is 0 Å². The quantitative estimate of drug-likeness (QED) is 0.722. The molecule has 3 rings (SSSR count). The highest BCUT2D eigenvalue weighted by atomic mass is 16.3. The topological polar surface area (TPSA) is 93.7 Å². The molecule has 0 unspecified atom stereocenters. The van der Waals surface area contributed by atoms with E-state index in [2.05, 4.69) is 30.7 Å². The summed E-state index contributed by atoms with van der Waals surface area (Å²) < 4.78 is 6.82. The lowest BCUT2D eigenvalue weighted by Crippen LogP contribution is -2.11. The van der Waals surface area contributed by atoms with Crippen molar-refractivity contribution in [2.24, 2.45) is 0 Å². The van der Waals surface area contributed by atoms with Gasteiger partial charge in [-0.05, 0) is 18.2 Å². The Kier molecular flexibility index (Phi) is 3.27. The van der Waals surface area contributed by atoms with E-state index in [0.29, 0.717) is 24.4 Å². The molecule has 0 aliphatic rings. The van der Waals surface area contributed by atoms with Crippen molar-refractivity contribution in [3.63, 3.8) is 0 Å². The molecule has 0 aliphatic carbocycles. The number of nitrogens with zero attached hydrogens (tertiary/aromatic N) is 5. The lowest BCUT2D eigenvalue weighted by Gasteiger charge is -2.07. The van der Waals surface area contributed by atoms with Crippen LogP contribution < -0.4 is 10.6 Å². The maximum absolute atomic E-state index is 5.25. The molecule has 3 heterocycles. The van der Waals surface area contributed by atoms with Gasteiger partial charge in [0.15, 0.2) is 0 Å². The summed E-state index contributed by atoms with van der Waals surface area (Å²) >= 11 is 0. The van der Waals surface area contributed by atoms with Gasteiger partial charge in [-0.1, -0.05) is 0 Å². The predicted octanol–water partition coefficient (Wildman–Crippen LogP) is 1.30.